The van der Waals surface area contributed by atoms with E-state index in [0.29, 0.717) is 0 Å². The van der Waals surface area contributed by atoms with Gasteiger partial charge in [0.05, 0.1) is 11.4 Å². The quantitative estimate of drug-likeness (QED) is 0.299. The second-order valence-corrected chi connectivity index (χ2v) is 8.74. The van der Waals surface area contributed by atoms with Crippen LogP contribution < -0.4 is 4.90 Å². The van der Waals surface area contributed by atoms with Crippen LogP contribution in [0.1, 0.15) is 45.7 Å². The number of pyridine rings is 2. The minimum atomic E-state index is -0.139. The van der Waals surface area contributed by atoms with Crippen molar-refractivity contribution in [3.63, 3.8) is 0 Å². The van der Waals surface area contributed by atoms with E-state index >= 15 is 0 Å². The second kappa shape index (κ2) is 8.96. The second-order valence-electron chi connectivity index (χ2n) is 8.74. The molecule has 1 aliphatic rings. The minimum Gasteiger partial charge on any atom is -0.321 e. The van der Waals surface area contributed by atoms with Gasteiger partial charge in [0.2, 0.25) is 0 Å². The molecule has 0 amide bonds. The van der Waals surface area contributed by atoms with Gasteiger partial charge >= 0.3 is 0 Å². The van der Waals surface area contributed by atoms with Crippen LogP contribution in [0.25, 0.3) is 22.5 Å². The Morgan fingerprint density at radius 1 is 0.719 bits per heavy atom. The highest BCUT2D eigenvalue weighted by Crippen LogP contribution is 2.44. The lowest BCUT2D eigenvalue weighted by molar-refractivity contribution is 0.554. The van der Waals surface area contributed by atoms with E-state index in [-0.39, 0.29) is 5.54 Å². The molecule has 0 radical (unpaired) electrons. The van der Waals surface area contributed by atoms with E-state index in [2.05, 4.69) is 85.3 Å². The van der Waals surface area contributed by atoms with Gasteiger partial charge in [-0.1, -0.05) is 62.4 Å². The molecule has 0 unspecified atom stereocenters. The number of nitrogens with zero attached hydrogens (tertiary/aromatic N) is 3. The normalized spacial score (nSPS) is 11.8. The van der Waals surface area contributed by atoms with Gasteiger partial charge < -0.3 is 4.90 Å². The molecule has 4 aromatic rings. The first-order chi connectivity index (χ1) is 15.5. The Kier molecular flexibility index (Phi) is 6.09. The lowest BCUT2D eigenvalue weighted by Gasteiger charge is -2.38. The highest BCUT2D eigenvalue weighted by molar-refractivity contribution is 5.84. The van der Waals surface area contributed by atoms with Gasteiger partial charge in [-0.25, -0.2) is 4.98 Å². The highest BCUT2D eigenvalue weighted by Gasteiger charge is 2.30. The molecular formula is C29H31N3. The molecule has 32 heavy (non-hydrogen) atoms. The maximum atomic E-state index is 5.02. The van der Waals surface area contributed by atoms with Gasteiger partial charge in [0.15, 0.2) is 0 Å². The van der Waals surface area contributed by atoms with E-state index in [4.69, 9.17) is 4.98 Å². The van der Waals surface area contributed by atoms with E-state index in [9.17, 15) is 0 Å². The third kappa shape index (κ3) is 4.03. The summed E-state index contributed by atoms with van der Waals surface area (Å²) in [5, 5.41) is 0. The number of rotatable bonds is 3. The summed E-state index contributed by atoms with van der Waals surface area (Å²) in [6.45, 7) is 10.7. The maximum Gasteiger partial charge on any atom is 0.134 e. The molecule has 0 aliphatic heterocycles. The van der Waals surface area contributed by atoms with Crippen LogP contribution >= 0.6 is 0 Å². The van der Waals surface area contributed by atoms with Crippen LogP contribution in [0.15, 0.2) is 85.1 Å². The zero-order valence-corrected chi connectivity index (χ0v) is 19.6. The molecule has 0 bridgehead atoms. The molecule has 3 heteroatoms. The smallest absolute Gasteiger partial charge is 0.134 e. The van der Waals surface area contributed by atoms with Crippen LogP contribution in [0.5, 0.6) is 0 Å². The van der Waals surface area contributed by atoms with Crippen LogP contribution in [0.2, 0.25) is 0 Å². The van der Waals surface area contributed by atoms with Gasteiger partial charge in [0.25, 0.3) is 0 Å². The zero-order valence-electron chi connectivity index (χ0n) is 19.6. The number of benzene rings is 2. The monoisotopic (exact) mass is 421 g/mol. The Bertz CT molecular complexity index is 1210. The molecule has 0 saturated heterocycles. The first kappa shape index (κ1) is 21.8. The Morgan fingerprint density at radius 3 is 2.16 bits per heavy atom. The minimum absolute atomic E-state index is 0.139. The van der Waals surface area contributed by atoms with E-state index in [1.165, 1.54) is 27.9 Å². The number of hydrogen-bond acceptors (Lipinski definition) is 3. The Hall–Kier alpha value is -3.46. The first-order valence-electron chi connectivity index (χ1n) is 11.4. The summed E-state index contributed by atoms with van der Waals surface area (Å²) < 4.78 is 0. The van der Waals surface area contributed by atoms with Crippen molar-refractivity contribution in [3.05, 3.63) is 96.2 Å². The van der Waals surface area contributed by atoms with Gasteiger partial charge in [0, 0.05) is 23.8 Å². The van der Waals surface area contributed by atoms with Gasteiger partial charge in [-0.3, -0.25) is 4.98 Å². The SMILES string of the molecule is CC.CC(C)(C)N(c1cccc(-c2ccccn2)n1)c1cccc2c1Cc1ccccc1-2. The number of anilines is 2. The number of fused-ring (bicyclic) bond motifs is 3. The highest BCUT2D eigenvalue weighted by atomic mass is 15.2. The molecule has 162 valence electrons. The number of aromatic nitrogens is 2. The lowest BCUT2D eigenvalue weighted by Crippen LogP contribution is -2.38. The lowest BCUT2D eigenvalue weighted by atomic mass is 9.99. The molecule has 1 aliphatic carbocycles. The summed E-state index contributed by atoms with van der Waals surface area (Å²) in [6.07, 6.45) is 2.76. The van der Waals surface area contributed by atoms with Crippen LogP contribution in [-0.2, 0) is 6.42 Å². The molecule has 5 rings (SSSR count). The maximum absolute atomic E-state index is 5.02. The van der Waals surface area contributed by atoms with Crippen LogP contribution in [0.4, 0.5) is 11.5 Å². The van der Waals surface area contributed by atoms with E-state index < -0.39 is 0 Å². The average Bonchev–Trinajstić information content (AvgIpc) is 3.20. The fourth-order valence-electron chi connectivity index (χ4n) is 4.38. The Morgan fingerprint density at radius 2 is 1.41 bits per heavy atom. The fourth-order valence-corrected chi connectivity index (χ4v) is 4.38. The molecule has 0 spiro atoms. The van der Waals surface area contributed by atoms with Crippen LogP contribution in [-0.4, -0.2) is 15.5 Å². The predicted molar refractivity (Wildman–Crippen MR) is 135 cm³/mol. The van der Waals surface area contributed by atoms with E-state index in [0.717, 1.165) is 23.6 Å². The van der Waals surface area contributed by atoms with Crippen molar-refractivity contribution >= 4 is 11.5 Å². The number of hydrogen-bond donors (Lipinski definition) is 0. The summed E-state index contributed by atoms with van der Waals surface area (Å²) in [6, 6.07) is 27.5. The summed E-state index contributed by atoms with van der Waals surface area (Å²) in [4.78, 5) is 11.9. The van der Waals surface area contributed by atoms with Crippen LogP contribution in [0.3, 0.4) is 0 Å². The van der Waals surface area contributed by atoms with Crippen LogP contribution in [0, 0.1) is 0 Å². The molecule has 3 nitrogen and oxygen atoms in total. The molecular weight excluding hydrogens is 390 g/mol. The van der Waals surface area contributed by atoms with Gasteiger partial charge in [-0.05, 0) is 73.4 Å². The van der Waals surface area contributed by atoms with Crippen molar-refractivity contribution in [2.75, 3.05) is 4.90 Å². The largest absolute Gasteiger partial charge is 0.321 e. The van der Waals surface area contributed by atoms with Crippen molar-refractivity contribution in [1.82, 2.24) is 9.97 Å². The Balaban J connectivity index is 0.00000119. The molecule has 0 saturated carbocycles. The van der Waals surface area contributed by atoms with Crippen molar-refractivity contribution < 1.29 is 0 Å². The third-order valence-corrected chi connectivity index (χ3v) is 5.63. The third-order valence-electron chi connectivity index (χ3n) is 5.63. The molecule has 2 heterocycles. The Labute approximate surface area is 191 Å². The molecule has 0 N–H and O–H groups in total. The predicted octanol–water partition coefficient (Wildman–Crippen LogP) is 7.68. The van der Waals surface area contributed by atoms with Gasteiger partial charge in [0.1, 0.15) is 5.82 Å². The van der Waals surface area contributed by atoms with Crippen molar-refractivity contribution in [2.24, 2.45) is 0 Å². The van der Waals surface area contributed by atoms with Crippen molar-refractivity contribution in [2.45, 2.75) is 46.6 Å². The zero-order chi connectivity index (χ0) is 22.7. The van der Waals surface area contributed by atoms with E-state index in [1.54, 1.807) is 0 Å². The summed E-state index contributed by atoms with van der Waals surface area (Å²) in [5.41, 5.74) is 8.30. The van der Waals surface area contributed by atoms with Crippen molar-refractivity contribution in [1.29, 1.82) is 0 Å². The summed E-state index contributed by atoms with van der Waals surface area (Å²) >= 11 is 0. The standard InChI is InChI=1S/C27H25N3.C2H6/c1-27(2,3)30(26-16-9-14-24(29-26)23-13-6-7-17-28-23)25-15-8-12-21-20-11-5-4-10-19(20)18-22(21)25;1-2/h4-17H,18H2,1-3H3;1-2H3. The first-order valence-corrected chi connectivity index (χ1v) is 11.4. The molecule has 0 fully saturated rings. The van der Waals surface area contributed by atoms with E-state index in [1.807, 2.05) is 44.3 Å². The molecule has 2 aromatic carbocycles. The molecule has 0 atom stereocenters. The summed E-state index contributed by atoms with van der Waals surface area (Å²) in [7, 11) is 0. The fraction of sp³-hybridized carbons (Fsp3) is 0.241. The average molecular weight is 422 g/mol. The van der Waals surface area contributed by atoms with Gasteiger partial charge in [-0.2, -0.15) is 0 Å². The van der Waals surface area contributed by atoms with Crippen molar-refractivity contribution in [3.8, 4) is 22.5 Å². The molecule has 2 aromatic heterocycles. The topological polar surface area (TPSA) is 29.0 Å². The van der Waals surface area contributed by atoms with Gasteiger partial charge in [-0.15, -0.1) is 0 Å². The summed E-state index contributed by atoms with van der Waals surface area (Å²) in [5.74, 6) is 0.940.